The number of alkyl carbamates (subject to hydrolysis) is 2. The van der Waals surface area contributed by atoms with Crippen LogP contribution >= 0.6 is 0 Å². The SMILES string of the molecule is CC1C2CCC[C@H]3C[C@@H](c4nc5cc(-c6cc7ccc6CCc6ccc(c(-c8ccc9[nH]c([C@@H]%10C[C@@H]%11CCCC%12C(C)[C@H](NC(=O)OC(C)(C)CF)C(=O)N%10[C@@H]%12%11)nc9c8)c6)CC7)ccc5[nH]4)N(C(=O)[C@H]1NC(=O)OC(C)(C)CF)[C@@H]23. The lowest BCUT2D eigenvalue weighted by atomic mass is 9.68. The van der Waals surface area contributed by atoms with E-state index in [0.717, 1.165) is 122 Å². The Morgan fingerprint density at radius 3 is 1.44 bits per heavy atom. The van der Waals surface area contributed by atoms with Crippen LogP contribution in [0.15, 0.2) is 72.8 Å². The van der Waals surface area contributed by atoms with Crippen LogP contribution in [-0.2, 0) is 44.7 Å². The number of nitrogens with zero attached hydrogens (tertiary/aromatic N) is 4. The van der Waals surface area contributed by atoms with Crippen LogP contribution in [-0.4, -0.2) is 102 Å². The highest BCUT2D eigenvalue weighted by Gasteiger charge is 2.59. The van der Waals surface area contributed by atoms with Gasteiger partial charge in [0, 0.05) is 12.1 Å². The fourth-order valence-corrected chi connectivity index (χ4v) is 15.8. The van der Waals surface area contributed by atoms with Crippen molar-refractivity contribution < 1.29 is 37.4 Å². The zero-order chi connectivity index (χ0) is 55.5. The minimum Gasteiger partial charge on any atom is -0.441 e. The number of hydrogen-bond donors (Lipinski definition) is 4. The van der Waals surface area contributed by atoms with Crippen molar-refractivity contribution >= 4 is 46.1 Å². The van der Waals surface area contributed by atoms with Crippen molar-refractivity contribution in [1.29, 1.82) is 0 Å². The maximum Gasteiger partial charge on any atom is 0.408 e. The molecule has 12 atom stereocenters. The van der Waals surface area contributed by atoms with Crippen LogP contribution in [0, 0.1) is 35.5 Å². The average molecular weight is 1090 g/mol. The lowest BCUT2D eigenvalue weighted by molar-refractivity contribution is -0.148. The average Bonchev–Trinajstić information content (AvgIpc) is 4.45. The molecule has 2 aromatic heterocycles. The van der Waals surface area contributed by atoms with E-state index < -0.39 is 48.8 Å². The second kappa shape index (κ2) is 20.0. The van der Waals surface area contributed by atoms with E-state index in [9.17, 15) is 28.0 Å². The van der Waals surface area contributed by atoms with Crippen LogP contribution < -0.4 is 10.6 Å². The summed E-state index contributed by atoms with van der Waals surface area (Å²) >= 11 is 0. The Labute approximate surface area is 465 Å². The van der Waals surface area contributed by atoms with Gasteiger partial charge in [0.25, 0.3) is 0 Å². The molecule has 80 heavy (non-hydrogen) atoms. The Balaban J connectivity index is 0.738. The molecule has 6 aliphatic carbocycles. The van der Waals surface area contributed by atoms with E-state index in [1.165, 1.54) is 61.1 Å². The van der Waals surface area contributed by atoms with Crippen molar-refractivity contribution in [3.05, 3.63) is 107 Å². The third kappa shape index (κ3) is 9.20. The first kappa shape index (κ1) is 52.5. The molecular weight excluding hydrogens is 1010 g/mol. The molecule has 4 bridgehead atoms. The molecule has 6 fully saturated rings. The van der Waals surface area contributed by atoms with Crippen LogP contribution in [0.3, 0.4) is 0 Å². The molecule has 16 heteroatoms. The molecule has 4 aliphatic heterocycles. The Bertz CT molecular complexity index is 3220. The molecule has 14 nitrogen and oxygen atoms in total. The summed E-state index contributed by atoms with van der Waals surface area (Å²) in [5, 5.41) is 5.71. The number of fused-ring (bicyclic) bond motifs is 2. The summed E-state index contributed by atoms with van der Waals surface area (Å²) in [7, 11) is 0. The third-order valence-corrected chi connectivity index (χ3v) is 19.8. The summed E-state index contributed by atoms with van der Waals surface area (Å²) in [5.41, 5.74) is 10.5. The Hall–Kier alpha value is -6.84. The number of nitrogens with one attached hydrogen (secondary N) is 4. The number of rotatable bonds is 10. The molecule has 6 aromatic rings. The second-order valence-electron chi connectivity index (χ2n) is 25.9. The Kier molecular flexibility index (Phi) is 13.1. The first-order valence-electron chi connectivity index (χ1n) is 29.4. The molecule has 10 aliphatic rings. The number of benzene rings is 4. The van der Waals surface area contributed by atoms with E-state index >= 15 is 0 Å². The van der Waals surface area contributed by atoms with E-state index in [4.69, 9.17) is 19.4 Å². The quantitative estimate of drug-likeness (QED) is 0.105. The van der Waals surface area contributed by atoms with E-state index in [1.807, 2.05) is 9.80 Å². The van der Waals surface area contributed by atoms with Gasteiger partial charge < -0.3 is 39.9 Å². The van der Waals surface area contributed by atoms with E-state index in [0.29, 0.717) is 11.8 Å². The highest BCUT2D eigenvalue weighted by Crippen LogP contribution is 2.55. The van der Waals surface area contributed by atoms with Crippen LogP contribution in [0.1, 0.15) is 139 Å². The van der Waals surface area contributed by atoms with E-state index in [-0.39, 0.29) is 59.7 Å². The van der Waals surface area contributed by atoms with Crippen molar-refractivity contribution in [1.82, 2.24) is 40.4 Å². The largest absolute Gasteiger partial charge is 0.441 e. The minimum absolute atomic E-state index is 0.0715. The summed E-state index contributed by atoms with van der Waals surface area (Å²) in [6.45, 7) is 8.53. The number of H-pyrrole nitrogens is 2. The van der Waals surface area contributed by atoms with Gasteiger partial charge in [0.1, 0.15) is 48.3 Å². The summed E-state index contributed by atoms with van der Waals surface area (Å²) in [4.78, 5) is 77.0. The molecule has 4 aromatic carbocycles. The van der Waals surface area contributed by atoms with Gasteiger partial charge in [0.2, 0.25) is 11.8 Å². The van der Waals surface area contributed by atoms with Crippen molar-refractivity contribution in [2.75, 3.05) is 13.3 Å². The molecule has 420 valence electrons. The highest BCUT2D eigenvalue weighted by atomic mass is 19.1. The molecule has 4 N–H and O–H groups in total. The van der Waals surface area contributed by atoms with Gasteiger partial charge in [-0.05, 0) is 196 Å². The standard InChI is InChI=1S/C64H74F2N8O6/c1-33-43-11-7-9-41-29-51(73(55(41)43)59(75)53(33)71-61(77)79-63(3,4)31-65)57-67-47-23-21-39(27-49(47)69-57)45-25-35-13-17-37(45)19-15-36-14-18-38(20-16-35)46(26-36)40-22-24-48-50(28-40)70-58(68-48)52-30-42-10-8-12-44-34(2)54(60(76)74(52)56(42)44)72-62(78)80-64(5,6)32-66/h13-14,17-18,21-28,33-34,41-44,51-56H,7-12,15-16,19-20,29-32H2,1-6H3,(H,67,69)(H,68,70)(H,71,77)(H,72,78)/t33?,34?,41-,42-,43?,44?,51-,52-,53-,54-,55+,56+/m0/s1. The number of ether oxygens (including phenoxy) is 2. The summed E-state index contributed by atoms with van der Waals surface area (Å²) in [5.74, 6) is 2.22. The molecule has 2 saturated carbocycles. The lowest BCUT2D eigenvalue weighted by Crippen LogP contribution is -2.63. The molecular formula is C64H74F2N8O6. The monoisotopic (exact) mass is 1090 g/mol. The maximum absolute atomic E-state index is 14.6. The van der Waals surface area contributed by atoms with Crippen molar-refractivity contribution in [3.8, 4) is 22.3 Å². The summed E-state index contributed by atoms with van der Waals surface area (Å²) in [6, 6.07) is 24.8. The van der Waals surface area contributed by atoms with Crippen LogP contribution in [0.5, 0.6) is 0 Å². The van der Waals surface area contributed by atoms with Gasteiger partial charge in [0.15, 0.2) is 0 Å². The molecule has 0 radical (unpaired) electrons. The molecule has 6 heterocycles. The van der Waals surface area contributed by atoms with Crippen LogP contribution in [0.25, 0.3) is 44.3 Å². The number of carbonyl (C=O) groups excluding carboxylic acids is 4. The minimum atomic E-state index is -1.29. The number of aromatic amines is 2. The predicted molar refractivity (Wildman–Crippen MR) is 301 cm³/mol. The normalized spacial score (nSPS) is 29.1. The summed E-state index contributed by atoms with van der Waals surface area (Å²) < 4.78 is 38.1. The van der Waals surface area contributed by atoms with Gasteiger partial charge in [-0.2, -0.15) is 0 Å². The molecule has 4 amide bonds. The number of amides is 4. The van der Waals surface area contributed by atoms with Gasteiger partial charge >= 0.3 is 12.2 Å². The lowest BCUT2D eigenvalue weighted by Gasteiger charge is -2.49. The number of alkyl halides is 2. The van der Waals surface area contributed by atoms with E-state index in [1.54, 1.807) is 0 Å². The first-order chi connectivity index (χ1) is 38.4. The maximum atomic E-state index is 14.6. The Morgan fingerprint density at radius 1 is 0.600 bits per heavy atom. The molecule has 0 spiro atoms. The topological polar surface area (TPSA) is 175 Å². The van der Waals surface area contributed by atoms with Gasteiger partial charge in [0.05, 0.1) is 34.2 Å². The summed E-state index contributed by atoms with van der Waals surface area (Å²) in [6.07, 6.45) is 9.60. The van der Waals surface area contributed by atoms with E-state index in [2.05, 4.69) is 107 Å². The second-order valence-corrected chi connectivity index (χ2v) is 25.9. The molecule has 4 saturated heterocycles. The fourth-order valence-electron chi connectivity index (χ4n) is 15.8. The number of aromatic nitrogens is 4. The smallest absolute Gasteiger partial charge is 0.408 e. The van der Waals surface area contributed by atoms with Gasteiger partial charge in [-0.25, -0.2) is 28.3 Å². The van der Waals surface area contributed by atoms with Gasteiger partial charge in [-0.3, -0.25) is 9.59 Å². The number of hydrogen-bond acceptors (Lipinski definition) is 8. The third-order valence-electron chi connectivity index (χ3n) is 19.8. The predicted octanol–water partition coefficient (Wildman–Crippen LogP) is 11.8. The van der Waals surface area contributed by atoms with Crippen LogP contribution in [0.4, 0.5) is 18.4 Å². The molecule has 4 unspecified atom stereocenters. The van der Waals surface area contributed by atoms with Gasteiger partial charge in [-0.15, -0.1) is 0 Å². The number of imidazole rings is 2. The van der Waals surface area contributed by atoms with Crippen molar-refractivity contribution in [2.24, 2.45) is 35.5 Å². The van der Waals surface area contributed by atoms with Crippen molar-refractivity contribution in [3.63, 3.8) is 0 Å². The Morgan fingerprint density at radius 2 is 1.02 bits per heavy atom. The highest BCUT2D eigenvalue weighted by molar-refractivity contribution is 5.90. The number of carbonyl (C=O) groups is 4. The zero-order valence-electron chi connectivity index (χ0n) is 46.8. The number of piperidine rings is 2. The first-order valence-corrected chi connectivity index (χ1v) is 29.4. The molecule has 16 rings (SSSR count). The van der Waals surface area contributed by atoms with Gasteiger partial charge in [-0.1, -0.05) is 75.2 Å². The fraction of sp³-hybridized carbons (Fsp3) is 0.531. The number of aryl methyl sites for hydroxylation is 4. The number of halogens is 2. The van der Waals surface area contributed by atoms with Crippen LogP contribution in [0.2, 0.25) is 0 Å². The zero-order valence-corrected chi connectivity index (χ0v) is 46.8. The van der Waals surface area contributed by atoms with Crippen molar-refractivity contribution in [2.45, 2.75) is 166 Å².